The molecule has 7 N–H and O–H groups in total. The smallest absolute Gasteiger partial charge is 0.240 e. The van der Waals surface area contributed by atoms with Gasteiger partial charge in [0.05, 0.1) is 0 Å². The average Bonchev–Trinajstić information content (AvgIpc) is 2.41. The Morgan fingerprint density at radius 2 is 1.81 bits per heavy atom. The van der Waals surface area contributed by atoms with Crippen molar-refractivity contribution in [3.63, 3.8) is 0 Å². The Morgan fingerprint density at radius 3 is 2.33 bits per heavy atom. The lowest BCUT2D eigenvalue weighted by atomic mass is 10.0. The first-order valence-electron chi connectivity index (χ1n) is 7.56. The van der Waals surface area contributed by atoms with Crippen molar-refractivity contribution in [3.05, 3.63) is 0 Å². The lowest BCUT2D eigenvalue weighted by Gasteiger charge is -2.18. The molecule has 0 aliphatic heterocycles. The highest BCUT2D eigenvalue weighted by Crippen LogP contribution is 2.10. The fourth-order valence-electron chi connectivity index (χ4n) is 1.96. The van der Waals surface area contributed by atoms with Crippen molar-refractivity contribution in [1.82, 2.24) is 10.6 Å². The number of carbonyl (C=O) groups excluding carboxylic acids is 2. The van der Waals surface area contributed by atoms with Crippen molar-refractivity contribution in [1.29, 1.82) is 5.41 Å². The molecule has 1 unspecified atom stereocenters. The Hall–Kier alpha value is -1.79. The molecule has 0 aliphatic carbocycles. The summed E-state index contributed by atoms with van der Waals surface area (Å²) in [6, 6.07) is -0.667. The minimum absolute atomic E-state index is 0.112. The molecule has 0 saturated heterocycles. The van der Waals surface area contributed by atoms with Gasteiger partial charge in [-0.2, -0.15) is 0 Å². The molecule has 2 amide bonds. The fourth-order valence-corrected chi connectivity index (χ4v) is 1.96. The first-order chi connectivity index (χ1) is 9.88. The van der Waals surface area contributed by atoms with Crippen molar-refractivity contribution in [3.8, 4) is 0 Å². The molecule has 0 aromatic rings. The molecule has 122 valence electrons. The van der Waals surface area contributed by atoms with E-state index in [1.807, 2.05) is 6.92 Å². The van der Waals surface area contributed by atoms with E-state index in [9.17, 15) is 9.59 Å². The van der Waals surface area contributed by atoms with Gasteiger partial charge in [-0.25, -0.2) is 0 Å². The van der Waals surface area contributed by atoms with Gasteiger partial charge in [-0.05, 0) is 19.3 Å². The van der Waals surface area contributed by atoms with Crippen LogP contribution in [0.15, 0.2) is 0 Å². The van der Waals surface area contributed by atoms with Gasteiger partial charge >= 0.3 is 0 Å². The highest BCUT2D eigenvalue weighted by molar-refractivity contribution is 5.87. The van der Waals surface area contributed by atoms with Crippen molar-refractivity contribution in [2.45, 2.75) is 58.4 Å². The van der Waals surface area contributed by atoms with Gasteiger partial charge in [-0.15, -0.1) is 0 Å². The summed E-state index contributed by atoms with van der Waals surface area (Å²) in [5.74, 6) is -0.894. The number of unbranched alkanes of at least 4 members (excludes halogenated alkanes) is 2. The molecule has 0 radical (unpaired) electrons. The van der Waals surface area contributed by atoms with E-state index in [0.717, 1.165) is 25.7 Å². The average molecular weight is 299 g/mol. The second-order valence-electron chi connectivity index (χ2n) is 5.34. The first-order valence-corrected chi connectivity index (χ1v) is 7.56. The van der Waals surface area contributed by atoms with E-state index in [4.69, 9.17) is 16.9 Å². The topological polar surface area (TPSA) is 134 Å². The lowest BCUT2D eigenvalue weighted by molar-refractivity contribution is -0.129. The Bertz CT molecular complexity index is 346. The summed E-state index contributed by atoms with van der Waals surface area (Å²) in [5, 5.41) is 12.4. The van der Waals surface area contributed by atoms with Crippen LogP contribution in [-0.4, -0.2) is 30.4 Å². The van der Waals surface area contributed by atoms with Gasteiger partial charge in [-0.1, -0.05) is 33.1 Å². The van der Waals surface area contributed by atoms with Gasteiger partial charge in [-0.3, -0.25) is 15.0 Å². The van der Waals surface area contributed by atoms with Gasteiger partial charge < -0.3 is 22.1 Å². The summed E-state index contributed by atoms with van der Waals surface area (Å²) in [5.41, 5.74) is 10.5. The van der Waals surface area contributed by atoms with E-state index in [1.165, 1.54) is 0 Å². The maximum atomic E-state index is 12.0. The van der Waals surface area contributed by atoms with E-state index >= 15 is 0 Å². The van der Waals surface area contributed by atoms with Crippen LogP contribution in [0.25, 0.3) is 0 Å². The minimum Gasteiger partial charge on any atom is -0.370 e. The number of hydrogen-bond acceptors (Lipinski definition) is 3. The van der Waals surface area contributed by atoms with Crippen LogP contribution in [0.5, 0.6) is 0 Å². The van der Waals surface area contributed by atoms with Crippen LogP contribution in [-0.2, 0) is 9.59 Å². The van der Waals surface area contributed by atoms with E-state index in [2.05, 4.69) is 17.6 Å². The number of primary amides is 1. The van der Waals surface area contributed by atoms with Crippen molar-refractivity contribution in [2.24, 2.45) is 17.4 Å². The maximum Gasteiger partial charge on any atom is 0.240 e. The predicted molar refractivity (Wildman–Crippen MR) is 83.6 cm³/mol. The molecule has 2 atom stereocenters. The molecule has 7 nitrogen and oxygen atoms in total. The summed E-state index contributed by atoms with van der Waals surface area (Å²) in [4.78, 5) is 23.4. The molecular formula is C14H29N5O2. The quantitative estimate of drug-likeness (QED) is 0.215. The zero-order valence-corrected chi connectivity index (χ0v) is 13.1. The number of amides is 2. The molecule has 0 rings (SSSR count). The van der Waals surface area contributed by atoms with Crippen LogP contribution in [0.1, 0.15) is 52.4 Å². The molecule has 0 aliphatic rings. The number of nitrogens with two attached hydrogens (primary N) is 2. The predicted octanol–water partition coefficient (Wildman–Crippen LogP) is 0.436. The highest BCUT2D eigenvalue weighted by Gasteiger charge is 2.20. The molecular weight excluding hydrogens is 270 g/mol. The third kappa shape index (κ3) is 9.70. The molecule has 0 aromatic carbocycles. The summed E-state index contributed by atoms with van der Waals surface area (Å²) >= 11 is 0. The Kier molecular flexibility index (Phi) is 10.0. The molecule has 0 heterocycles. The van der Waals surface area contributed by atoms with Crippen LogP contribution < -0.4 is 22.1 Å². The summed E-state index contributed by atoms with van der Waals surface area (Å²) in [6.45, 7) is 4.45. The van der Waals surface area contributed by atoms with Crippen molar-refractivity contribution < 1.29 is 9.59 Å². The Labute approximate surface area is 126 Å². The van der Waals surface area contributed by atoms with Gasteiger partial charge in [0, 0.05) is 12.5 Å². The molecule has 7 heteroatoms. The SMILES string of the molecule is CCCCCC(C)C(=O)N[C@@H](CCCNC(=N)N)C(N)=O. The Balaban J connectivity index is 4.14. The second-order valence-corrected chi connectivity index (χ2v) is 5.34. The van der Waals surface area contributed by atoms with Crippen molar-refractivity contribution in [2.75, 3.05) is 6.54 Å². The number of nitrogens with one attached hydrogen (secondary N) is 3. The molecule has 21 heavy (non-hydrogen) atoms. The number of hydrogen-bond donors (Lipinski definition) is 5. The standard InChI is InChI=1S/C14H29N5O2/c1-3-4-5-7-10(2)13(21)19-11(12(15)20)8-6-9-18-14(16)17/h10-11H,3-9H2,1-2H3,(H2,15,20)(H,19,21)(H4,16,17,18)/t10?,11-/m0/s1. The summed E-state index contributed by atoms with van der Waals surface area (Å²) in [7, 11) is 0. The van der Waals surface area contributed by atoms with E-state index in [0.29, 0.717) is 19.4 Å². The van der Waals surface area contributed by atoms with Crippen LogP contribution in [0.2, 0.25) is 0 Å². The highest BCUT2D eigenvalue weighted by atomic mass is 16.2. The largest absolute Gasteiger partial charge is 0.370 e. The van der Waals surface area contributed by atoms with Gasteiger partial charge in [0.1, 0.15) is 6.04 Å². The second kappa shape index (κ2) is 10.9. The normalized spacial score (nSPS) is 13.2. The monoisotopic (exact) mass is 299 g/mol. The molecule has 0 saturated carbocycles. The zero-order valence-electron chi connectivity index (χ0n) is 13.1. The molecule has 0 fully saturated rings. The maximum absolute atomic E-state index is 12.0. The fraction of sp³-hybridized carbons (Fsp3) is 0.786. The Morgan fingerprint density at radius 1 is 1.14 bits per heavy atom. The lowest BCUT2D eigenvalue weighted by Crippen LogP contribution is -2.46. The number of guanidine groups is 1. The number of rotatable bonds is 11. The number of carbonyl (C=O) groups is 2. The van der Waals surface area contributed by atoms with E-state index < -0.39 is 11.9 Å². The first kappa shape index (κ1) is 19.2. The van der Waals surface area contributed by atoms with Crippen LogP contribution in [0.4, 0.5) is 0 Å². The van der Waals surface area contributed by atoms with Gasteiger partial charge in [0.15, 0.2) is 5.96 Å². The van der Waals surface area contributed by atoms with E-state index in [-0.39, 0.29) is 17.8 Å². The van der Waals surface area contributed by atoms with Crippen molar-refractivity contribution >= 4 is 17.8 Å². The zero-order chi connectivity index (χ0) is 16.3. The van der Waals surface area contributed by atoms with Crippen LogP contribution >= 0.6 is 0 Å². The van der Waals surface area contributed by atoms with Crippen LogP contribution in [0.3, 0.4) is 0 Å². The third-order valence-electron chi connectivity index (χ3n) is 3.33. The summed E-state index contributed by atoms with van der Waals surface area (Å²) < 4.78 is 0. The van der Waals surface area contributed by atoms with E-state index in [1.54, 1.807) is 0 Å². The molecule has 0 aromatic heterocycles. The van der Waals surface area contributed by atoms with Gasteiger partial charge in [0.25, 0.3) is 0 Å². The summed E-state index contributed by atoms with van der Waals surface area (Å²) in [6.07, 6.45) is 5.07. The molecule has 0 spiro atoms. The third-order valence-corrected chi connectivity index (χ3v) is 3.33. The van der Waals surface area contributed by atoms with Gasteiger partial charge in [0.2, 0.25) is 11.8 Å². The molecule has 0 bridgehead atoms. The van der Waals surface area contributed by atoms with Crippen LogP contribution in [0, 0.1) is 11.3 Å². The minimum atomic E-state index is -0.667.